The molecule has 25 heavy (non-hydrogen) atoms. The molecule has 0 unspecified atom stereocenters. The number of nitrogens with one attached hydrogen (secondary N) is 1. The van der Waals surface area contributed by atoms with Crippen LogP contribution in [0.4, 0.5) is 11.4 Å². The molecule has 0 aliphatic rings. The lowest BCUT2D eigenvalue weighted by molar-refractivity contribution is -0.385. The highest BCUT2D eigenvalue weighted by atomic mass is 32.2. The van der Waals surface area contributed by atoms with Gasteiger partial charge in [0.2, 0.25) is 0 Å². The zero-order chi connectivity index (χ0) is 18.4. The lowest BCUT2D eigenvalue weighted by atomic mass is 10.1. The molecule has 0 atom stereocenters. The van der Waals surface area contributed by atoms with E-state index in [0.29, 0.717) is 5.69 Å². The molecule has 0 saturated heterocycles. The van der Waals surface area contributed by atoms with Crippen LogP contribution in [0.2, 0.25) is 0 Å². The summed E-state index contributed by atoms with van der Waals surface area (Å²) in [4.78, 5) is 35.3. The van der Waals surface area contributed by atoms with Gasteiger partial charge in [-0.05, 0) is 31.4 Å². The second-order valence-electron chi connectivity index (χ2n) is 5.03. The Morgan fingerprint density at radius 1 is 1.20 bits per heavy atom. The number of thioether (sulfide) groups is 1. The number of hydrogen-bond acceptors (Lipinski definition) is 6. The maximum atomic E-state index is 12.1. The van der Waals surface area contributed by atoms with Crippen LogP contribution in [0.5, 0.6) is 0 Å². The molecule has 0 radical (unpaired) electrons. The average Bonchev–Trinajstić information content (AvgIpc) is 2.60. The maximum Gasteiger partial charge on any atom is 0.339 e. The molecule has 0 aliphatic carbocycles. The van der Waals surface area contributed by atoms with Crippen LogP contribution in [-0.2, 0) is 9.53 Å². The van der Waals surface area contributed by atoms with Crippen LogP contribution >= 0.6 is 11.8 Å². The molecule has 0 bridgehead atoms. The number of carbonyl (C=O) groups excluding carboxylic acids is 2. The molecule has 0 fully saturated rings. The molecule has 130 valence electrons. The van der Waals surface area contributed by atoms with E-state index in [4.69, 9.17) is 4.74 Å². The van der Waals surface area contributed by atoms with Gasteiger partial charge >= 0.3 is 5.97 Å². The number of rotatable bonds is 6. The number of anilines is 1. The second-order valence-corrected chi connectivity index (χ2v) is 5.88. The van der Waals surface area contributed by atoms with E-state index in [1.54, 1.807) is 12.1 Å². The van der Waals surface area contributed by atoms with Crippen molar-refractivity contribution in [3.8, 4) is 0 Å². The van der Waals surface area contributed by atoms with E-state index in [9.17, 15) is 19.7 Å². The first-order valence-electron chi connectivity index (χ1n) is 7.28. The van der Waals surface area contributed by atoms with Gasteiger partial charge in [-0.1, -0.05) is 18.2 Å². The van der Waals surface area contributed by atoms with Crippen molar-refractivity contribution in [1.29, 1.82) is 0 Å². The SMILES string of the molecule is CSc1ccccc1NC(=O)COC(=O)c1cccc([N+](=O)[O-])c1C. The number of nitro groups is 1. The van der Waals surface area contributed by atoms with Gasteiger partial charge in [0.1, 0.15) is 0 Å². The Morgan fingerprint density at radius 3 is 2.60 bits per heavy atom. The zero-order valence-electron chi connectivity index (χ0n) is 13.6. The van der Waals surface area contributed by atoms with Crippen molar-refractivity contribution >= 4 is 35.0 Å². The van der Waals surface area contributed by atoms with Gasteiger partial charge in [0.25, 0.3) is 11.6 Å². The minimum absolute atomic E-state index is 0.0616. The topological polar surface area (TPSA) is 98.5 Å². The van der Waals surface area contributed by atoms with Gasteiger partial charge < -0.3 is 10.1 Å². The molecule has 7 nitrogen and oxygen atoms in total. The van der Waals surface area contributed by atoms with E-state index in [0.717, 1.165) is 4.90 Å². The number of nitrogens with zero attached hydrogens (tertiary/aromatic N) is 1. The van der Waals surface area contributed by atoms with E-state index in [-0.39, 0.29) is 16.8 Å². The largest absolute Gasteiger partial charge is 0.452 e. The van der Waals surface area contributed by atoms with Crippen molar-refractivity contribution in [3.05, 3.63) is 63.7 Å². The second kappa shape index (κ2) is 8.29. The van der Waals surface area contributed by atoms with Gasteiger partial charge in [0.05, 0.1) is 16.2 Å². The minimum Gasteiger partial charge on any atom is -0.452 e. The highest BCUT2D eigenvalue weighted by molar-refractivity contribution is 7.98. The van der Waals surface area contributed by atoms with Gasteiger partial charge in [0, 0.05) is 16.5 Å². The molecule has 2 aromatic carbocycles. The summed E-state index contributed by atoms with van der Waals surface area (Å²) >= 11 is 1.48. The Balaban J connectivity index is 2.01. The van der Waals surface area contributed by atoms with E-state index in [2.05, 4.69) is 5.32 Å². The molecule has 0 heterocycles. The van der Waals surface area contributed by atoms with Crippen molar-refractivity contribution < 1.29 is 19.2 Å². The van der Waals surface area contributed by atoms with Gasteiger partial charge in [-0.2, -0.15) is 0 Å². The fourth-order valence-corrected chi connectivity index (χ4v) is 2.74. The van der Waals surface area contributed by atoms with Crippen molar-refractivity contribution in [3.63, 3.8) is 0 Å². The molecule has 0 aliphatic heterocycles. The van der Waals surface area contributed by atoms with Crippen LogP contribution in [0.1, 0.15) is 15.9 Å². The number of hydrogen-bond donors (Lipinski definition) is 1. The standard InChI is InChI=1S/C17H16N2O5S/c1-11-12(6-5-8-14(11)19(22)23)17(21)24-10-16(20)18-13-7-3-4-9-15(13)25-2/h3-9H,10H2,1-2H3,(H,18,20). The van der Waals surface area contributed by atoms with Crippen LogP contribution in [0, 0.1) is 17.0 Å². The van der Waals surface area contributed by atoms with Crippen molar-refractivity contribution in [2.24, 2.45) is 0 Å². The summed E-state index contributed by atoms with van der Waals surface area (Å²) in [5, 5.41) is 13.6. The lowest BCUT2D eigenvalue weighted by Gasteiger charge is -2.10. The summed E-state index contributed by atoms with van der Waals surface area (Å²) in [6, 6.07) is 11.4. The Morgan fingerprint density at radius 2 is 1.92 bits per heavy atom. The third kappa shape index (κ3) is 4.57. The van der Waals surface area contributed by atoms with Crippen LogP contribution in [-0.4, -0.2) is 29.7 Å². The maximum absolute atomic E-state index is 12.1. The van der Waals surface area contributed by atoms with Gasteiger partial charge in [-0.25, -0.2) is 4.79 Å². The van der Waals surface area contributed by atoms with E-state index in [1.165, 1.54) is 36.9 Å². The quantitative estimate of drug-likeness (QED) is 0.367. The molecule has 2 rings (SSSR count). The number of amides is 1. The van der Waals surface area contributed by atoms with Crippen LogP contribution in [0.15, 0.2) is 47.4 Å². The third-order valence-corrected chi connectivity index (χ3v) is 4.23. The average molecular weight is 360 g/mol. The Kier molecular flexibility index (Phi) is 6.13. The first-order valence-corrected chi connectivity index (χ1v) is 8.50. The first-order chi connectivity index (χ1) is 11.9. The predicted octanol–water partition coefficient (Wildman–Crippen LogP) is 3.42. The zero-order valence-corrected chi connectivity index (χ0v) is 14.5. The third-order valence-electron chi connectivity index (χ3n) is 3.44. The van der Waals surface area contributed by atoms with Crippen LogP contribution < -0.4 is 5.32 Å². The molecule has 0 saturated carbocycles. The fourth-order valence-electron chi connectivity index (χ4n) is 2.19. The summed E-state index contributed by atoms with van der Waals surface area (Å²) in [6.07, 6.45) is 1.89. The predicted molar refractivity (Wildman–Crippen MR) is 95.0 cm³/mol. The van der Waals surface area contributed by atoms with Gasteiger partial charge in [0.15, 0.2) is 6.61 Å². The van der Waals surface area contributed by atoms with Gasteiger partial charge in [-0.15, -0.1) is 11.8 Å². The van der Waals surface area contributed by atoms with E-state index >= 15 is 0 Å². The molecule has 2 aromatic rings. The summed E-state index contributed by atoms with van der Waals surface area (Å²) in [5.41, 5.74) is 0.715. The number of para-hydroxylation sites is 1. The molecule has 8 heteroatoms. The summed E-state index contributed by atoms with van der Waals surface area (Å²) in [7, 11) is 0. The monoisotopic (exact) mass is 360 g/mol. The van der Waals surface area contributed by atoms with Crippen LogP contribution in [0.3, 0.4) is 0 Å². The van der Waals surface area contributed by atoms with Crippen molar-refractivity contribution in [2.45, 2.75) is 11.8 Å². The number of carbonyl (C=O) groups is 2. The minimum atomic E-state index is -0.783. The first kappa shape index (κ1) is 18.5. The molecule has 1 amide bonds. The number of ether oxygens (including phenoxy) is 1. The number of esters is 1. The van der Waals surface area contributed by atoms with Gasteiger partial charge in [-0.3, -0.25) is 14.9 Å². The van der Waals surface area contributed by atoms with Crippen LogP contribution in [0.25, 0.3) is 0 Å². The molecular formula is C17H16N2O5S. The summed E-state index contributed by atoms with van der Waals surface area (Å²) < 4.78 is 4.97. The number of nitro benzene ring substituents is 1. The smallest absolute Gasteiger partial charge is 0.339 e. The molecule has 1 N–H and O–H groups in total. The van der Waals surface area contributed by atoms with E-state index in [1.807, 2.05) is 18.4 Å². The molecule has 0 spiro atoms. The highest BCUT2D eigenvalue weighted by Gasteiger charge is 2.19. The Bertz CT molecular complexity index is 822. The van der Waals surface area contributed by atoms with Crippen molar-refractivity contribution in [1.82, 2.24) is 0 Å². The Labute approximate surface area is 148 Å². The molecule has 0 aromatic heterocycles. The summed E-state index contributed by atoms with van der Waals surface area (Å²) in [6.45, 7) is 0.979. The summed E-state index contributed by atoms with van der Waals surface area (Å²) in [5.74, 6) is -1.27. The molecular weight excluding hydrogens is 344 g/mol. The van der Waals surface area contributed by atoms with E-state index < -0.39 is 23.4 Å². The fraction of sp³-hybridized carbons (Fsp3) is 0.176. The lowest BCUT2D eigenvalue weighted by Crippen LogP contribution is -2.21. The van der Waals surface area contributed by atoms with Crippen molar-refractivity contribution in [2.75, 3.05) is 18.2 Å². The Hall–Kier alpha value is -2.87. The highest BCUT2D eigenvalue weighted by Crippen LogP contribution is 2.24. The normalized spacial score (nSPS) is 10.2. The number of benzene rings is 2.